The molecule has 35 heavy (non-hydrogen) atoms. The van der Waals surface area contributed by atoms with E-state index in [9.17, 15) is 19.7 Å². The Bertz CT molecular complexity index is 1550. The van der Waals surface area contributed by atoms with Crippen LogP contribution in [-0.4, -0.2) is 32.2 Å². The number of carbonyl (C=O) groups excluding carboxylic acids is 1. The van der Waals surface area contributed by atoms with Gasteiger partial charge in [0.15, 0.2) is 11.5 Å². The number of nitro groups is 1. The van der Waals surface area contributed by atoms with Gasteiger partial charge in [-0.1, -0.05) is 12.1 Å². The average molecular weight is 477 g/mol. The SMILES string of the molecule is COc1cc2c(=O)oc3cc(OC(=O)/C=C/c4cccc([N+](=O)[O-])c4)ccc3c2c(OC)c1OC. The lowest BCUT2D eigenvalue weighted by Gasteiger charge is -2.15. The first-order valence-electron chi connectivity index (χ1n) is 10.2. The van der Waals surface area contributed by atoms with E-state index in [2.05, 4.69) is 0 Å². The van der Waals surface area contributed by atoms with Gasteiger partial charge in [0.05, 0.1) is 31.6 Å². The summed E-state index contributed by atoms with van der Waals surface area (Å²) in [5, 5.41) is 12.1. The van der Waals surface area contributed by atoms with Crippen molar-refractivity contribution >= 4 is 39.5 Å². The van der Waals surface area contributed by atoms with Crippen LogP contribution in [0.25, 0.3) is 27.8 Å². The van der Waals surface area contributed by atoms with Gasteiger partial charge in [-0.15, -0.1) is 0 Å². The van der Waals surface area contributed by atoms with Crippen LogP contribution in [0.4, 0.5) is 5.69 Å². The summed E-state index contributed by atoms with van der Waals surface area (Å²) in [6, 6.07) is 11.9. The molecule has 0 radical (unpaired) electrons. The summed E-state index contributed by atoms with van der Waals surface area (Å²) in [4.78, 5) is 35.4. The number of hydrogen-bond acceptors (Lipinski definition) is 9. The van der Waals surface area contributed by atoms with Gasteiger partial charge in [-0.3, -0.25) is 10.1 Å². The minimum atomic E-state index is -0.719. The monoisotopic (exact) mass is 477 g/mol. The highest BCUT2D eigenvalue weighted by atomic mass is 16.6. The standard InChI is InChI=1S/C25H19NO9/c1-31-20-13-18-22(24(33-3)23(20)32-2)17-9-8-16(12-19(17)35-25(18)28)34-21(27)10-7-14-5-4-6-15(11-14)26(29)30/h4-13H,1-3H3/b10-7+. The fraction of sp³-hybridized carbons (Fsp3) is 0.120. The van der Waals surface area contributed by atoms with Crippen molar-refractivity contribution in [2.24, 2.45) is 0 Å². The van der Waals surface area contributed by atoms with Crippen LogP contribution in [-0.2, 0) is 4.79 Å². The Morgan fingerprint density at radius 3 is 2.43 bits per heavy atom. The number of methoxy groups -OCH3 is 3. The molecule has 10 nitrogen and oxygen atoms in total. The van der Waals surface area contributed by atoms with Crippen LogP contribution in [0.1, 0.15) is 5.56 Å². The summed E-state index contributed by atoms with van der Waals surface area (Å²) >= 11 is 0. The van der Waals surface area contributed by atoms with Gasteiger partial charge in [-0.05, 0) is 29.8 Å². The lowest BCUT2D eigenvalue weighted by molar-refractivity contribution is -0.384. The molecule has 0 aliphatic heterocycles. The van der Waals surface area contributed by atoms with Crippen molar-refractivity contribution in [3.63, 3.8) is 0 Å². The molecule has 10 heteroatoms. The van der Waals surface area contributed by atoms with Crippen LogP contribution in [0.3, 0.4) is 0 Å². The van der Waals surface area contributed by atoms with E-state index >= 15 is 0 Å². The first kappa shape index (κ1) is 23.3. The van der Waals surface area contributed by atoms with Crippen molar-refractivity contribution in [2.45, 2.75) is 0 Å². The second-order valence-electron chi connectivity index (χ2n) is 7.22. The van der Waals surface area contributed by atoms with Crippen molar-refractivity contribution in [1.82, 2.24) is 0 Å². The first-order valence-corrected chi connectivity index (χ1v) is 10.2. The van der Waals surface area contributed by atoms with Crippen LogP contribution < -0.4 is 24.6 Å². The van der Waals surface area contributed by atoms with Crippen LogP contribution in [0, 0.1) is 10.1 Å². The van der Waals surface area contributed by atoms with Gasteiger partial charge in [-0.2, -0.15) is 0 Å². The van der Waals surface area contributed by atoms with E-state index in [0.29, 0.717) is 33.6 Å². The molecule has 1 aromatic heterocycles. The predicted octanol–water partition coefficient (Wildman–Crippen LogP) is 4.50. The number of hydrogen-bond donors (Lipinski definition) is 0. The van der Waals surface area contributed by atoms with Crippen molar-refractivity contribution in [3.05, 3.63) is 80.7 Å². The lowest BCUT2D eigenvalue weighted by Crippen LogP contribution is -2.05. The van der Waals surface area contributed by atoms with Crippen molar-refractivity contribution in [2.75, 3.05) is 21.3 Å². The molecule has 0 amide bonds. The Morgan fingerprint density at radius 2 is 1.74 bits per heavy atom. The number of non-ortho nitro benzene ring substituents is 1. The number of benzene rings is 3. The zero-order chi connectivity index (χ0) is 25.1. The fourth-order valence-electron chi connectivity index (χ4n) is 3.65. The molecule has 4 aromatic rings. The van der Waals surface area contributed by atoms with Gasteiger partial charge >= 0.3 is 11.6 Å². The smallest absolute Gasteiger partial charge is 0.344 e. The van der Waals surface area contributed by atoms with Gasteiger partial charge in [0, 0.05) is 35.0 Å². The molecule has 0 saturated carbocycles. The maximum absolute atomic E-state index is 12.7. The van der Waals surface area contributed by atoms with E-state index in [-0.39, 0.29) is 22.4 Å². The fourth-order valence-corrected chi connectivity index (χ4v) is 3.65. The molecule has 0 unspecified atom stereocenters. The number of nitro benzene ring substituents is 1. The van der Waals surface area contributed by atoms with E-state index in [4.69, 9.17) is 23.4 Å². The molecule has 0 bridgehead atoms. The molecule has 0 atom stereocenters. The van der Waals surface area contributed by atoms with Gasteiger partial charge in [0.2, 0.25) is 5.75 Å². The summed E-state index contributed by atoms with van der Waals surface area (Å²) in [5.41, 5.74) is -0.104. The van der Waals surface area contributed by atoms with Gasteiger partial charge < -0.3 is 23.4 Å². The first-order chi connectivity index (χ1) is 16.9. The third-order valence-corrected chi connectivity index (χ3v) is 5.19. The molecule has 0 spiro atoms. The zero-order valence-electron chi connectivity index (χ0n) is 18.9. The largest absolute Gasteiger partial charge is 0.493 e. The number of esters is 1. The summed E-state index contributed by atoms with van der Waals surface area (Å²) < 4.78 is 27.0. The molecule has 0 aliphatic carbocycles. The molecule has 0 fully saturated rings. The molecule has 178 valence electrons. The van der Waals surface area contributed by atoms with E-state index in [1.54, 1.807) is 12.1 Å². The molecular formula is C25H19NO9. The number of nitrogens with zero attached hydrogens (tertiary/aromatic N) is 1. The Labute approximate surface area is 198 Å². The van der Waals surface area contributed by atoms with E-state index in [0.717, 1.165) is 6.08 Å². The molecule has 0 saturated heterocycles. The highest BCUT2D eigenvalue weighted by molar-refractivity contribution is 6.10. The average Bonchev–Trinajstić information content (AvgIpc) is 2.86. The number of ether oxygens (including phenoxy) is 4. The second-order valence-corrected chi connectivity index (χ2v) is 7.22. The molecule has 3 aromatic carbocycles. The minimum absolute atomic E-state index is 0.0954. The van der Waals surface area contributed by atoms with Crippen molar-refractivity contribution in [1.29, 1.82) is 0 Å². The molecule has 1 heterocycles. The van der Waals surface area contributed by atoms with Crippen LogP contribution in [0.2, 0.25) is 0 Å². The maximum Gasteiger partial charge on any atom is 0.344 e. The normalized spacial score (nSPS) is 11.1. The molecule has 0 N–H and O–H groups in total. The summed E-state index contributed by atoms with van der Waals surface area (Å²) in [5.74, 6) is 0.335. The molecule has 0 aliphatic rings. The Morgan fingerprint density at radius 1 is 0.971 bits per heavy atom. The van der Waals surface area contributed by atoms with Crippen LogP contribution in [0.15, 0.2) is 63.8 Å². The quantitative estimate of drug-likeness (QED) is 0.0719. The van der Waals surface area contributed by atoms with Crippen LogP contribution >= 0.6 is 0 Å². The Hall–Kier alpha value is -4.86. The maximum atomic E-state index is 12.7. The molecule has 4 rings (SSSR count). The zero-order valence-corrected chi connectivity index (χ0v) is 18.9. The third kappa shape index (κ3) is 4.49. The van der Waals surface area contributed by atoms with Crippen molar-refractivity contribution < 1.29 is 33.1 Å². The lowest BCUT2D eigenvalue weighted by atomic mass is 10.0. The van der Waals surface area contributed by atoms with Crippen molar-refractivity contribution in [3.8, 4) is 23.0 Å². The topological polar surface area (TPSA) is 127 Å². The van der Waals surface area contributed by atoms with Gasteiger partial charge in [0.1, 0.15) is 11.3 Å². The summed E-state index contributed by atoms with van der Waals surface area (Å²) in [6.45, 7) is 0. The number of rotatable bonds is 7. The predicted molar refractivity (Wildman–Crippen MR) is 127 cm³/mol. The highest BCUT2D eigenvalue weighted by Gasteiger charge is 2.21. The third-order valence-electron chi connectivity index (χ3n) is 5.19. The van der Waals surface area contributed by atoms with E-state index in [1.807, 2.05) is 0 Å². The van der Waals surface area contributed by atoms with E-state index in [1.165, 1.54) is 63.8 Å². The van der Waals surface area contributed by atoms with Gasteiger partial charge in [-0.25, -0.2) is 9.59 Å². The Kier molecular flexibility index (Phi) is 6.36. The summed E-state index contributed by atoms with van der Waals surface area (Å²) in [6.07, 6.45) is 2.54. The minimum Gasteiger partial charge on any atom is -0.493 e. The summed E-state index contributed by atoms with van der Waals surface area (Å²) in [7, 11) is 4.35. The van der Waals surface area contributed by atoms with E-state index < -0.39 is 16.5 Å². The number of carbonyl (C=O) groups is 1. The number of fused-ring (bicyclic) bond motifs is 3. The molecular weight excluding hydrogens is 458 g/mol. The highest BCUT2D eigenvalue weighted by Crippen LogP contribution is 2.45. The van der Waals surface area contributed by atoms with Crippen LogP contribution in [0.5, 0.6) is 23.0 Å². The second kappa shape index (κ2) is 9.56. The Balaban J connectivity index is 1.70. The van der Waals surface area contributed by atoms with Gasteiger partial charge in [0.25, 0.3) is 5.69 Å².